The second-order valence-corrected chi connectivity index (χ2v) is 8.74. The second kappa shape index (κ2) is 11.4. The van der Waals surface area contributed by atoms with E-state index in [2.05, 4.69) is 5.32 Å². The molecule has 1 aromatic rings. The molecule has 0 bridgehead atoms. The van der Waals surface area contributed by atoms with E-state index in [1.54, 1.807) is 0 Å². The lowest BCUT2D eigenvalue weighted by molar-refractivity contribution is -0.144. The number of carboxylic acid groups (broad SMARTS) is 1. The Morgan fingerprint density at radius 2 is 1.19 bits per heavy atom. The molecule has 0 amide bonds. The highest BCUT2D eigenvalue weighted by Gasteiger charge is 2.37. The summed E-state index contributed by atoms with van der Waals surface area (Å²) in [5.41, 5.74) is -3.59. The van der Waals surface area contributed by atoms with Crippen LogP contribution in [0.15, 0.2) is 18.2 Å². The molecule has 2 aliphatic carbocycles. The molecule has 2 fully saturated rings. The van der Waals surface area contributed by atoms with Crippen LogP contribution >= 0.6 is 0 Å². The van der Waals surface area contributed by atoms with Crippen LogP contribution in [0, 0.1) is 0 Å². The van der Waals surface area contributed by atoms with Gasteiger partial charge in [0, 0.05) is 12.1 Å². The number of halogens is 6. The topological polar surface area (TPSA) is 49.3 Å². The molecule has 1 atom stereocenters. The molecule has 32 heavy (non-hydrogen) atoms. The normalized spacial score (nSPS) is 19.7. The average molecular weight is 467 g/mol. The average Bonchev–Trinajstić information content (AvgIpc) is 2.73. The number of rotatable bonds is 4. The number of carboxylic acids is 1. The van der Waals surface area contributed by atoms with Crippen molar-refractivity contribution in [3.8, 4) is 0 Å². The van der Waals surface area contributed by atoms with E-state index in [1.807, 2.05) is 0 Å². The Bertz CT molecular complexity index is 687. The van der Waals surface area contributed by atoms with Gasteiger partial charge in [-0.05, 0) is 56.4 Å². The first-order chi connectivity index (χ1) is 14.9. The molecule has 182 valence electrons. The van der Waals surface area contributed by atoms with Crippen LogP contribution in [0.3, 0.4) is 0 Å². The molecule has 0 heterocycles. The maximum absolute atomic E-state index is 12.5. The van der Waals surface area contributed by atoms with Gasteiger partial charge in [0.2, 0.25) is 0 Å². The molecule has 2 aliphatic rings. The van der Waals surface area contributed by atoms with Crippen molar-refractivity contribution in [2.75, 3.05) is 0 Å². The molecule has 0 aliphatic heterocycles. The number of alkyl halides is 6. The fourth-order valence-electron chi connectivity index (χ4n) is 4.24. The summed E-state index contributed by atoms with van der Waals surface area (Å²) in [4.78, 5) is 10.7. The Kier molecular flexibility index (Phi) is 9.42. The largest absolute Gasteiger partial charge is 0.481 e. The van der Waals surface area contributed by atoms with Crippen molar-refractivity contribution in [2.45, 2.75) is 101 Å². The van der Waals surface area contributed by atoms with E-state index in [0.29, 0.717) is 12.1 Å². The van der Waals surface area contributed by atoms with Gasteiger partial charge in [0.1, 0.15) is 0 Å². The van der Waals surface area contributed by atoms with Crippen molar-refractivity contribution in [3.05, 3.63) is 34.9 Å². The number of aliphatic carboxylic acids is 1. The summed E-state index contributed by atoms with van der Waals surface area (Å²) >= 11 is 0. The van der Waals surface area contributed by atoms with Crippen LogP contribution in [0.25, 0.3) is 0 Å². The molecule has 2 saturated carbocycles. The van der Waals surface area contributed by atoms with Crippen LogP contribution in [-0.2, 0) is 17.1 Å². The van der Waals surface area contributed by atoms with Gasteiger partial charge in [0.25, 0.3) is 0 Å². The first-order valence-corrected chi connectivity index (χ1v) is 11.2. The minimum atomic E-state index is -4.98. The summed E-state index contributed by atoms with van der Waals surface area (Å²) in [7, 11) is 0. The lowest BCUT2D eigenvalue weighted by Crippen LogP contribution is -2.40. The molecular formula is C23H31F6NO2. The van der Waals surface area contributed by atoms with E-state index in [-0.39, 0.29) is 6.07 Å². The molecule has 0 aromatic heterocycles. The standard InChI is InChI=1S/C12H23N.C11H8F6O2/c1-3-7-11(8-4-1)13-12-9-5-2-6-10-12;1-5(9(18)19)6-2-7(10(12,13)14)4-8(3-6)11(15,16)17/h11-13H,1-10H2;2-5H,1H3,(H,18,19). The third-order valence-electron chi connectivity index (χ3n) is 6.16. The van der Waals surface area contributed by atoms with Crippen LogP contribution in [0.1, 0.15) is 93.7 Å². The number of hydrogen-bond acceptors (Lipinski definition) is 2. The molecular weight excluding hydrogens is 436 g/mol. The van der Waals surface area contributed by atoms with Gasteiger partial charge in [-0.25, -0.2) is 0 Å². The molecule has 0 radical (unpaired) electrons. The summed E-state index contributed by atoms with van der Waals surface area (Å²) in [6.07, 6.45) is 4.61. The van der Waals surface area contributed by atoms with E-state index in [9.17, 15) is 31.1 Å². The smallest absolute Gasteiger partial charge is 0.416 e. The Morgan fingerprint density at radius 3 is 1.50 bits per heavy atom. The van der Waals surface area contributed by atoms with E-state index in [1.165, 1.54) is 64.2 Å². The molecule has 1 aromatic carbocycles. The third-order valence-corrected chi connectivity index (χ3v) is 6.16. The van der Waals surface area contributed by atoms with E-state index in [4.69, 9.17) is 5.11 Å². The predicted molar refractivity (Wildman–Crippen MR) is 109 cm³/mol. The van der Waals surface area contributed by atoms with Gasteiger partial charge in [0.15, 0.2) is 0 Å². The van der Waals surface area contributed by atoms with Crippen molar-refractivity contribution in [1.82, 2.24) is 5.32 Å². The highest BCUT2D eigenvalue weighted by molar-refractivity contribution is 5.75. The number of carbonyl (C=O) groups is 1. The van der Waals surface area contributed by atoms with Crippen LogP contribution < -0.4 is 5.32 Å². The second-order valence-electron chi connectivity index (χ2n) is 8.74. The molecule has 0 saturated heterocycles. The van der Waals surface area contributed by atoms with Crippen LogP contribution in [-0.4, -0.2) is 23.2 Å². The fourth-order valence-corrected chi connectivity index (χ4v) is 4.24. The highest BCUT2D eigenvalue weighted by atomic mass is 19.4. The SMILES string of the molecule is C1CCC(NC2CCCCC2)CC1.CC(C(=O)O)c1cc(C(F)(F)F)cc(C(F)(F)F)c1. The summed E-state index contributed by atoms with van der Waals surface area (Å²) in [6, 6.07) is 2.52. The molecule has 0 spiro atoms. The van der Waals surface area contributed by atoms with E-state index in [0.717, 1.165) is 19.0 Å². The first-order valence-electron chi connectivity index (χ1n) is 11.2. The highest BCUT2D eigenvalue weighted by Crippen LogP contribution is 2.37. The van der Waals surface area contributed by atoms with E-state index >= 15 is 0 Å². The van der Waals surface area contributed by atoms with Crippen LogP contribution in [0.4, 0.5) is 26.3 Å². The van der Waals surface area contributed by atoms with Gasteiger partial charge in [0.05, 0.1) is 17.0 Å². The van der Waals surface area contributed by atoms with Gasteiger partial charge in [-0.1, -0.05) is 38.5 Å². The Labute approximate surface area is 184 Å². The Balaban J connectivity index is 0.000000242. The number of nitrogens with one attached hydrogen (secondary N) is 1. The Hall–Kier alpha value is -1.77. The van der Waals surface area contributed by atoms with Gasteiger partial charge in [-0.3, -0.25) is 4.79 Å². The van der Waals surface area contributed by atoms with Crippen molar-refractivity contribution < 1.29 is 36.2 Å². The van der Waals surface area contributed by atoms with Crippen LogP contribution in [0.5, 0.6) is 0 Å². The van der Waals surface area contributed by atoms with Crippen molar-refractivity contribution in [2.24, 2.45) is 0 Å². The van der Waals surface area contributed by atoms with Crippen molar-refractivity contribution in [1.29, 1.82) is 0 Å². The first kappa shape index (κ1) is 26.5. The molecule has 3 nitrogen and oxygen atoms in total. The zero-order valence-electron chi connectivity index (χ0n) is 18.2. The maximum Gasteiger partial charge on any atom is 0.416 e. The summed E-state index contributed by atoms with van der Waals surface area (Å²) in [5.74, 6) is -2.98. The van der Waals surface area contributed by atoms with Gasteiger partial charge < -0.3 is 10.4 Å². The monoisotopic (exact) mass is 467 g/mol. The molecule has 3 rings (SSSR count). The number of benzene rings is 1. The van der Waals surface area contributed by atoms with Crippen molar-refractivity contribution >= 4 is 5.97 Å². The van der Waals surface area contributed by atoms with Crippen LogP contribution in [0.2, 0.25) is 0 Å². The predicted octanol–water partition coefficient (Wildman–Crippen LogP) is 7.15. The quantitative estimate of drug-likeness (QED) is 0.462. The van der Waals surface area contributed by atoms with Crippen molar-refractivity contribution in [3.63, 3.8) is 0 Å². The zero-order valence-corrected chi connectivity index (χ0v) is 18.2. The number of hydrogen-bond donors (Lipinski definition) is 2. The van der Waals surface area contributed by atoms with Gasteiger partial charge in [-0.2, -0.15) is 26.3 Å². The fraction of sp³-hybridized carbons (Fsp3) is 0.696. The maximum atomic E-state index is 12.5. The summed E-state index contributed by atoms with van der Waals surface area (Å²) < 4.78 is 74.9. The molecule has 1 unspecified atom stereocenters. The minimum Gasteiger partial charge on any atom is -0.481 e. The Morgan fingerprint density at radius 1 is 0.812 bits per heavy atom. The lowest BCUT2D eigenvalue weighted by Gasteiger charge is -2.30. The van der Waals surface area contributed by atoms with E-state index < -0.39 is 40.9 Å². The molecule has 9 heteroatoms. The summed E-state index contributed by atoms with van der Waals surface area (Å²) in [6.45, 7) is 1.01. The minimum absolute atomic E-state index is 0.0436. The third kappa shape index (κ3) is 8.30. The van der Waals surface area contributed by atoms with Gasteiger partial charge in [-0.15, -0.1) is 0 Å². The molecule has 2 N–H and O–H groups in total. The van der Waals surface area contributed by atoms with Gasteiger partial charge >= 0.3 is 18.3 Å². The lowest BCUT2D eigenvalue weighted by atomic mass is 9.91. The summed E-state index contributed by atoms with van der Waals surface area (Å²) in [5, 5.41) is 12.5. The zero-order chi connectivity index (χ0) is 23.9.